The van der Waals surface area contributed by atoms with Gasteiger partial charge in [-0.15, -0.1) is 0 Å². The van der Waals surface area contributed by atoms with E-state index in [4.69, 9.17) is 21.1 Å². The van der Waals surface area contributed by atoms with Gasteiger partial charge in [-0.2, -0.15) is 4.98 Å². The largest absolute Gasteiger partial charge is 0.456 e. The first kappa shape index (κ1) is 20.0. The maximum atomic E-state index is 10.1. The summed E-state index contributed by atoms with van der Waals surface area (Å²) < 4.78 is 11.0. The number of rotatable bonds is 5. The lowest BCUT2D eigenvalue weighted by atomic mass is 10.0. The number of ether oxygens (including phenoxy) is 2. The minimum Gasteiger partial charge on any atom is -0.456 e. The number of aliphatic hydroxyl groups excluding tert-OH is 2. The molecule has 0 spiro atoms. The number of hydrogen-bond acceptors (Lipinski definition) is 6. The summed E-state index contributed by atoms with van der Waals surface area (Å²) in [5.74, 6) is 0. The predicted octanol–water partition coefficient (Wildman–Crippen LogP) is 3.44. The highest BCUT2D eigenvalue weighted by atomic mass is 35.5. The van der Waals surface area contributed by atoms with Crippen LogP contribution in [-0.2, 0) is 4.74 Å². The SMILES string of the molecule is OCC1OC[C@H](Oc2nc3nc(-c4ccc(-c5ccccc5)cc4)c(Cl)cc3[nH]2)[C@@H]1O. The van der Waals surface area contributed by atoms with E-state index < -0.39 is 18.3 Å². The van der Waals surface area contributed by atoms with Gasteiger partial charge in [-0.1, -0.05) is 66.2 Å². The number of fused-ring (bicyclic) bond motifs is 1. The van der Waals surface area contributed by atoms with Crippen LogP contribution >= 0.6 is 11.6 Å². The van der Waals surface area contributed by atoms with Crippen LogP contribution in [0, 0.1) is 0 Å². The molecule has 2 aromatic carbocycles. The number of benzene rings is 2. The number of imidazole rings is 1. The number of nitrogens with zero attached hydrogens (tertiary/aromatic N) is 2. The highest BCUT2D eigenvalue weighted by molar-refractivity contribution is 6.33. The van der Waals surface area contributed by atoms with Crippen LogP contribution in [0.3, 0.4) is 0 Å². The van der Waals surface area contributed by atoms with Crippen LogP contribution in [0.4, 0.5) is 0 Å². The third kappa shape index (κ3) is 3.88. The minimum atomic E-state index is -0.937. The maximum Gasteiger partial charge on any atom is 0.296 e. The van der Waals surface area contributed by atoms with E-state index in [1.807, 2.05) is 42.5 Å². The van der Waals surface area contributed by atoms with E-state index >= 15 is 0 Å². The average molecular weight is 438 g/mol. The second-order valence-corrected chi connectivity index (χ2v) is 7.78. The van der Waals surface area contributed by atoms with Gasteiger partial charge in [-0.3, -0.25) is 0 Å². The number of halogens is 1. The second-order valence-electron chi connectivity index (χ2n) is 7.38. The van der Waals surface area contributed by atoms with E-state index in [9.17, 15) is 10.2 Å². The van der Waals surface area contributed by atoms with Gasteiger partial charge in [0, 0.05) is 5.56 Å². The molecule has 0 radical (unpaired) electrons. The van der Waals surface area contributed by atoms with Crippen molar-refractivity contribution in [1.29, 1.82) is 0 Å². The molecular weight excluding hydrogens is 418 g/mol. The number of aromatic nitrogens is 3. The first-order valence-corrected chi connectivity index (χ1v) is 10.3. The van der Waals surface area contributed by atoms with Crippen molar-refractivity contribution < 1.29 is 19.7 Å². The topological polar surface area (TPSA) is 100 Å². The van der Waals surface area contributed by atoms with Gasteiger partial charge >= 0.3 is 0 Å². The zero-order valence-corrected chi connectivity index (χ0v) is 17.2. The molecule has 0 amide bonds. The summed E-state index contributed by atoms with van der Waals surface area (Å²) in [5.41, 5.74) is 4.82. The van der Waals surface area contributed by atoms with Crippen molar-refractivity contribution in [2.45, 2.75) is 18.3 Å². The molecule has 1 aliphatic heterocycles. The molecule has 3 atom stereocenters. The van der Waals surface area contributed by atoms with Gasteiger partial charge < -0.3 is 24.7 Å². The van der Waals surface area contributed by atoms with Crippen molar-refractivity contribution in [2.75, 3.05) is 13.2 Å². The van der Waals surface area contributed by atoms with Crippen LogP contribution < -0.4 is 4.74 Å². The summed E-state index contributed by atoms with van der Waals surface area (Å²) in [5, 5.41) is 19.8. The summed E-state index contributed by atoms with van der Waals surface area (Å²) in [6, 6.07) is 20.1. The van der Waals surface area contributed by atoms with Gasteiger partial charge in [-0.05, 0) is 17.2 Å². The van der Waals surface area contributed by atoms with Crippen molar-refractivity contribution in [3.8, 4) is 28.4 Å². The lowest BCUT2D eigenvalue weighted by molar-refractivity contribution is -0.00390. The van der Waals surface area contributed by atoms with Crippen LogP contribution in [0.25, 0.3) is 33.5 Å². The highest BCUT2D eigenvalue weighted by Crippen LogP contribution is 2.31. The monoisotopic (exact) mass is 437 g/mol. The molecule has 4 aromatic rings. The number of H-pyrrole nitrogens is 1. The fourth-order valence-electron chi connectivity index (χ4n) is 3.67. The Morgan fingerprint density at radius 2 is 1.74 bits per heavy atom. The number of pyridine rings is 1. The number of hydrogen-bond donors (Lipinski definition) is 3. The molecule has 1 fully saturated rings. The number of aliphatic hydroxyl groups is 2. The van der Waals surface area contributed by atoms with E-state index in [0.717, 1.165) is 16.7 Å². The Bertz CT molecular complexity index is 1200. The van der Waals surface area contributed by atoms with Crippen LogP contribution in [-0.4, -0.2) is 56.7 Å². The van der Waals surface area contributed by atoms with E-state index in [1.54, 1.807) is 6.07 Å². The molecule has 3 heterocycles. The van der Waals surface area contributed by atoms with E-state index in [-0.39, 0.29) is 19.2 Å². The van der Waals surface area contributed by atoms with E-state index in [1.165, 1.54) is 0 Å². The van der Waals surface area contributed by atoms with Crippen molar-refractivity contribution >= 4 is 22.8 Å². The zero-order chi connectivity index (χ0) is 21.4. The summed E-state index contributed by atoms with van der Waals surface area (Å²) >= 11 is 6.50. The molecule has 2 aromatic heterocycles. The molecule has 5 rings (SSSR count). The second kappa shape index (κ2) is 8.28. The standard InChI is InChI=1S/C23H20ClN3O4/c24-16-10-17-22(27-23(25-17)31-19-12-30-18(11-28)21(19)29)26-20(16)15-8-6-14(7-9-15)13-4-2-1-3-5-13/h1-10,18-19,21,28-29H,11-12H2,(H,25,26,27)/t18?,19-,21+/m0/s1. The first-order valence-electron chi connectivity index (χ1n) is 9.91. The summed E-state index contributed by atoms with van der Waals surface area (Å²) in [4.78, 5) is 12.0. The van der Waals surface area contributed by atoms with E-state index in [0.29, 0.717) is 21.9 Å². The van der Waals surface area contributed by atoms with Gasteiger partial charge in [0.05, 0.1) is 29.4 Å². The van der Waals surface area contributed by atoms with Crippen LogP contribution in [0.15, 0.2) is 60.7 Å². The van der Waals surface area contributed by atoms with E-state index in [2.05, 4.69) is 27.1 Å². The number of nitrogens with one attached hydrogen (secondary N) is 1. The number of aromatic amines is 1. The van der Waals surface area contributed by atoms with Crippen LogP contribution in [0.1, 0.15) is 0 Å². The van der Waals surface area contributed by atoms with Crippen LogP contribution in [0.2, 0.25) is 5.02 Å². The van der Waals surface area contributed by atoms with Crippen LogP contribution in [0.5, 0.6) is 6.01 Å². The Morgan fingerprint density at radius 3 is 2.45 bits per heavy atom. The summed E-state index contributed by atoms with van der Waals surface area (Å²) in [6.45, 7) is -0.110. The Morgan fingerprint density at radius 1 is 1.03 bits per heavy atom. The predicted molar refractivity (Wildman–Crippen MR) is 117 cm³/mol. The fraction of sp³-hybridized carbons (Fsp3) is 0.217. The van der Waals surface area contributed by atoms with Gasteiger partial charge in [0.15, 0.2) is 11.8 Å². The Hall–Kier alpha value is -2.97. The highest BCUT2D eigenvalue weighted by Gasteiger charge is 2.37. The molecule has 31 heavy (non-hydrogen) atoms. The third-order valence-electron chi connectivity index (χ3n) is 5.35. The molecule has 0 bridgehead atoms. The molecule has 8 heteroatoms. The molecule has 1 unspecified atom stereocenters. The molecular formula is C23H20ClN3O4. The average Bonchev–Trinajstić information content (AvgIpc) is 3.36. The Balaban J connectivity index is 1.41. The fourth-order valence-corrected chi connectivity index (χ4v) is 3.93. The van der Waals surface area contributed by atoms with Gasteiger partial charge in [0.2, 0.25) is 0 Å². The lowest BCUT2D eigenvalue weighted by Crippen LogP contribution is -2.36. The summed E-state index contributed by atoms with van der Waals surface area (Å²) in [6.07, 6.45) is -2.22. The van der Waals surface area contributed by atoms with Crippen molar-refractivity contribution in [2.24, 2.45) is 0 Å². The Labute approximate surface area is 183 Å². The Kier molecular flexibility index (Phi) is 5.33. The normalized spacial score (nSPS) is 20.9. The van der Waals surface area contributed by atoms with Crippen molar-refractivity contribution in [1.82, 2.24) is 15.0 Å². The van der Waals surface area contributed by atoms with Gasteiger partial charge in [0.1, 0.15) is 12.2 Å². The minimum absolute atomic E-state index is 0.163. The van der Waals surface area contributed by atoms with Gasteiger partial charge in [-0.25, -0.2) is 4.98 Å². The maximum absolute atomic E-state index is 10.1. The van der Waals surface area contributed by atoms with Crippen molar-refractivity contribution in [3.05, 3.63) is 65.7 Å². The molecule has 1 aliphatic rings. The molecule has 1 saturated heterocycles. The summed E-state index contributed by atoms with van der Waals surface area (Å²) in [7, 11) is 0. The lowest BCUT2D eigenvalue weighted by Gasteiger charge is -2.15. The molecule has 0 saturated carbocycles. The molecule has 158 valence electrons. The smallest absolute Gasteiger partial charge is 0.296 e. The molecule has 3 N–H and O–H groups in total. The van der Waals surface area contributed by atoms with Gasteiger partial charge in [0.25, 0.3) is 6.01 Å². The first-order chi connectivity index (χ1) is 15.1. The third-order valence-corrected chi connectivity index (χ3v) is 5.64. The van der Waals surface area contributed by atoms with Crippen molar-refractivity contribution in [3.63, 3.8) is 0 Å². The molecule has 7 nitrogen and oxygen atoms in total. The quantitative estimate of drug-likeness (QED) is 0.442. The molecule has 0 aliphatic carbocycles. The zero-order valence-electron chi connectivity index (χ0n) is 16.4.